The van der Waals surface area contributed by atoms with Gasteiger partial charge in [0.25, 0.3) is 0 Å². The maximum absolute atomic E-state index is 6.54. The number of piperidine rings is 1. The van der Waals surface area contributed by atoms with Crippen LogP contribution in [0.4, 0.5) is 0 Å². The number of para-hydroxylation sites is 1. The van der Waals surface area contributed by atoms with Crippen LogP contribution in [0.1, 0.15) is 43.0 Å². The molecule has 1 aliphatic heterocycles. The Morgan fingerprint density at radius 2 is 1.90 bits per heavy atom. The largest absolute Gasteiger partial charge is 0.496 e. The van der Waals surface area contributed by atoms with Gasteiger partial charge in [0.15, 0.2) is 0 Å². The molecular formula is C24H30N2O3. The first-order valence-electron chi connectivity index (χ1n) is 10.5. The quantitative estimate of drug-likeness (QED) is 0.559. The number of nitrogens with zero attached hydrogens (tertiary/aromatic N) is 1. The Hall–Kier alpha value is -2.50. The first kappa shape index (κ1) is 19.8. The minimum absolute atomic E-state index is 0.422. The van der Waals surface area contributed by atoms with Crippen molar-refractivity contribution >= 4 is 11.0 Å². The molecule has 0 saturated carbocycles. The molecule has 1 fully saturated rings. The summed E-state index contributed by atoms with van der Waals surface area (Å²) < 4.78 is 17.5. The molecule has 1 aliphatic rings. The average molecular weight is 395 g/mol. The predicted octanol–water partition coefficient (Wildman–Crippen LogP) is 4.74. The molecule has 2 aromatic carbocycles. The van der Waals surface area contributed by atoms with Crippen LogP contribution in [-0.4, -0.2) is 38.3 Å². The summed E-state index contributed by atoms with van der Waals surface area (Å²) in [5.74, 6) is 2.26. The van der Waals surface area contributed by atoms with Crippen molar-refractivity contribution in [1.29, 1.82) is 0 Å². The molecule has 5 nitrogen and oxygen atoms in total. The second-order valence-corrected chi connectivity index (χ2v) is 7.67. The Morgan fingerprint density at radius 1 is 1.07 bits per heavy atom. The number of hydrogen-bond donors (Lipinski definition) is 1. The molecule has 0 bridgehead atoms. The van der Waals surface area contributed by atoms with Crippen LogP contribution in [-0.2, 0) is 0 Å². The van der Waals surface area contributed by atoms with Crippen molar-refractivity contribution in [3.8, 4) is 11.5 Å². The van der Waals surface area contributed by atoms with Gasteiger partial charge in [-0.05, 0) is 62.7 Å². The number of furan rings is 1. The van der Waals surface area contributed by atoms with Gasteiger partial charge in [0.1, 0.15) is 22.8 Å². The van der Waals surface area contributed by atoms with Gasteiger partial charge in [-0.1, -0.05) is 24.6 Å². The number of rotatable bonds is 8. The Balaban J connectivity index is 1.43. The Kier molecular flexibility index (Phi) is 6.37. The SMILES string of the molecule is COc1ccc(OCCCN2CCCCC2)cc1C(N)c1cc2ccccc2o1. The highest BCUT2D eigenvalue weighted by Crippen LogP contribution is 2.34. The molecular weight excluding hydrogens is 364 g/mol. The Bertz CT molecular complexity index is 898. The number of hydrogen-bond acceptors (Lipinski definition) is 5. The van der Waals surface area contributed by atoms with Gasteiger partial charge in [0, 0.05) is 17.5 Å². The lowest BCUT2D eigenvalue weighted by Crippen LogP contribution is -2.31. The first-order valence-corrected chi connectivity index (χ1v) is 10.5. The van der Waals surface area contributed by atoms with Crippen molar-refractivity contribution in [2.45, 2.75) is 31.7 Å². The van der Waals surface area contributed by atoms with E-state index in [0.29, 0.717) is 12.4 Å². The fourth-order valence-electron chi connectivity index (χ4n) is 4.02. The lowest BCUT2D eigenvalue weighted by molar-refractivity contribution is 0.205. The van der Waals surface area contributed by atoms with Crippen molar-refractivity contribution in [1.82, 2.24) is 4.90 Å². The minimum Gasteiger partial charge on any atom is -0.496 e. The molecule has 1 unspecified atom stereocenters. The molecule has 0 radical (unpaired) electrons. The zero-order chi connectivity index (χ0) is 20.1. The second kappa shape index (κ2) is 9.33. The third kappa shape index (κ3) is 4.74. The van der Waals surface area contributed by atoms with E-state index in [2.05, 4.69) is 4.90 Å². The topological polar surface area (TPSA) is 60.9 Å². The molecule has 4 rings (SSSR count). The van der Waals surface area contributed by atoms with E-state index in [1.54, 1.807) is 7.11 Å². The summed E-state index contributed by atoms with van der Waals surface area (Å²) in [6.07, 6.45) is 5.04. The molecule has 1 atom stereocenters. The van der Waals surface area contributed by atoms with Crippen molar-refractivity contribution in [3.05, 3.63) is 59.9 Å². The van der Waals surface area contributed by atoms with Crippen LogP contribution in [0.15, 0.2) is 52.9 Å². The summed E-state index contributed by atoms with van der Waals surface area (Å²) in [7, 11) is 1.66. The molecule has 3 aromatic rings. The normalized spacial score (nSPS) is 16.1. The van der Waals surface area contributed by atoms with Crippen LogP contribution in [0.2, 0.25) is 0 Å². The third-order valence-corrected chi connectivity index (χ3v) is 5.62. The van der Waals surface area contributed by atoms with Gasteiger partial charge in [0.05, 0.1) is 19.8 Å². The number of likely N-dealkylation sites (tertiary alicyclic amines) is 1. The van der Waals surface area contributed by atoms with E-state index in [1.807, 2.05) is 48.5 Å². The highest BCUT2D eigenvalue weighted by Gasteiger charge is 2.19. The van der Waals surface area contributed by atoms with E-state index in [9.17, 15) is 0 Å². The second-order valence-electron chi connectivity index (χ2n) is 7.67. The van der Waals surface area contributed by atoms with Crippen LogP contribution < -0.4 is 15.2 Å². The molecule has 0 spiro atoms. The highest BCUT2D eigenvalue weighted by atomic mass is 16.5. The van der Waals surface area contributed by atoms with E-state index in [0.717, 1.165) is 41.0 Å². The maximum atomic E-state index is 6.54. The lowest BCUT2D eigenvalue weighted by atomic mass is 10.0. The van der Waals surface area contributed by atoms with Gasteiger partial charge in [0.2, 0.25) is 0 Å². The van der Waals surface area contributed by atoms with Crippen LogP contribution >= 0.6 is 0 Å². The predicted molar refractivity (Wildman–Crippen MR) is 116 cm³/mol. The summed E-state index contributed by atoms with van der Waals surface area (Å²) >= 11 is 0. The van der Waals surface area contributed by atoms with Gasteiger partial charge in [-0.15, -0.1) is 0 Å². The minimum atomic E-state index is -0.422. The fraction of sp³-hybridized carbons (Fsp3) is 0.417. The van der Waals surface area contributed by atoms with Crippen molar-refractivity contribution in [2.24, 2.45) is 5.73 Å². The lowest BCUT2D eigenvalue weighted by Gasteiger charge is -2.26. The molecule has 0 aliphatic carbocycles. The summed E-state index contributed by atoms with van der Waals surface area (Å²) in [4.78, 5) is 2.53. The smallest absolute Gasteiger partial charge is 0.134 e. The standard InChI is InChI=1S/C24H30N2O3/c1-27-22-11-10-19(28-15-7-14-26-12-5-2-6-13-26)17-20(22)24(25)23-16-18-8-3-4-9-21(18)29-23/h3-4,8-11,16-17,24H,2,5-7,12-15,25H2,1H3. The van der Waals surface area contributed by atoms with E-state index in [1.165, 1.54) is 32.4 Å². The monoisotopic (exact) mass is 394 g/mol. The highest BCUT2D eigenvalue weighted by molar-refractivity contribution is 5.78. The fourth-order valence-corrected chi connectivity index (χ4v) is 4.02. The number of fused-ring (bicyclic) bond motifs is 1. The molecule has 2 N–H and O–H groups in total. The average Bonchev–Trinajstić information content (AvgIpc) is 3.21. The van der Waals surface area contributed by atoms with E-state index >= 15 is 0 Å². The Labute approximate surface area is 172 Å². The van der Waals surface area contributed by atoms with Gasteiger partial charge >= 0.3 is 0 Å². The van der Waals surface area contributed by atoms with Crippen molar-refractivity contribution in [2.75, 3.05) is 33.4 Å². The van der Waals surface area contributed by atoms with Gasteiger partial charge in [-0.25, -0.2) is 0 Å². The van der Waals surface area contributed by atoms with Gasteiger partial charge in [-0.2, -0.15) is 0 Å². The van der Waals surface area contributed by atoms with Crippen molar-refractivity contribution in [3.63, 3.8) is 0 Å². The zero-order valence-electron chi connectivity index (χ0n) is 17.1. The molecule has 1 saturated heterocycles. The van der Waals surface area contributed by atoms with E-state index < -0.39 is 6.04 Å². The maximum Gasteiger partial charge on any atom is 0.134 e. The summed E-state index contributed by atoms with van der Waals surface area (Å²) in [5, 5.41) is 1.04. The first-order chi connectivity index (χ1) is 14.2. The van der Waals surface area contributed by atoms with Crippen LogP contribution in [0.25, 0.3) is 11.0 Å². The van der Waals surface area contributed by atoms with Crippen LogP contribution in [0.3, 0.4) is 0 Å². The van der Waals surface area contributed by atoms with Crippen molar-refractivity contribution < 1.29 is 13.9 Å². The molecule has 0 amide bonds. The molecule has 5 heteroatoms. The summed E-state index contributed by atoms with van der Waals surface area (Å²) in [6.45, 7) is 4.24. The van der Waals surface area contributed by atoms with E-state index in [-0.39, 0.29) is 0 Å². The molecule has 2 heterocycles. The molecule has 29 heavy (non-hydrogen) atoms. The van der Waals surface area contributed by atoms with Gasteiger partial charge < -0.3 is 24.5 Å². The number of methoxy groups -OCH3 is 1. The number of nitrogens with two attached hydrogens (primary N) is 1. The summed E-state index contributed by atoms with van der Waals surface area (Å²) in [5.41, 5.74) is 8.24. The van der Waals surface area contributed by atoms with E-state index in [4.69, 9.17) is 19.6 Å². The number of ether oxygens (including phenoxy) is 2. The Morgan fingerprint density at radius 3 is 2.69 bits per heavy atom. The van der Waals surface area contributed by atoms with Gasteiger partial charge in [-0.3, -0.25) is 0 Å². The summed E-state index contributed by atoms with van der Waals surface area (Å²) in [6, 6.07) is 15.3. The number of benzene rings is 2. The molecule has 1 aromatic heterocycles. The van der Waals surface area contributed by atoms with Crippen LogP contribution in [0.5, 0.6) is 11.5 Å². The van der Waals surface area contributed by atoms with Crippen LogP contribution in [0, 0.1) is 0 Å². The third-order valence-electron chi connectivity index (χ3n) is 5.62. The molecule has 154 valence electrons. The zero-order valence-corrected chi connectivity index (χ0v) is 17.1.